The summed E-state index contributed by atoms with van der Waals surface area (Å²) in [6, 6.07) is 1.12. The van der Waals surface area contributed by atoms with E-state index in [9.17, 15) is 19.7 Å². The summed E-state index contributed by atoms with van der Waals surface area (Å²) in [6.07, 6.45) is 2.44. The van der Waals surface area contributed by atoms with Gasteiger partial charge in [0.25, 0.3) is 5.69 Å². The van der Waals surface area contributed by atoms with Crippen LogP contribution in [0.3, 0.4) is 0 Å². The molecule has 0 atom stereocenters. The van der Waals surface area contributed by atoms with E-state index in [4.69, 9.17) is 4.74 Å². The Labute approximate surface area is 119 Å². The molecule has 0 saturated heterocycles. The first-order chi connectivity index (χ1) is 9.99. The molecule has 2 rings (SSSR count). The summed E-state index contributed by atoms with van der Waals surface area (Å²) < 4.78 is 6.40. The highest BCUT2D eigenvalue weighted by atomic mass is 16.6. The lowest BCUT2D eigenvalue weighted by Crippen LogP contribution is -2.21. The Morgan fingerprint density at radius 2 is 2.19 bits per heavy atom. The molecule has 0 spiro atoms. The zero-order valence-corrected chi connectivity index (χ0v) is 11.5. The minimum Gasteiger partial charge on any atom is -0.462 e. The van der Waals surface area contributed by atoms with Gasteiger partial charge in [-0.3, -0.25) is 14.9 Å². The van der Waals surface area contributed by atoms with Crippen molar-refractivity contribution in [3.8, 4) is 0 Å². The number of ether oxygens (including phenoxy) is 1. The number of nitrogens with zero attached hydrogens (tertiary/aromatic N) is 3. The van der Waals surface area contributed by atoms with Crippen molar-refractivity contribution >= 4 is 22.7 Å². The summed E-state index contributed by atoms with van der Waals surface area (Å²) >= 11 is 0. The molecule has 0 N–H and O–H groups in total. The van der Waals surface area contributed by atoms with E-state index in [0.717, 1.165) is 12.3 Å². The van der Waals surface area contributed by atoms with E-state index < -0.39 is 16.3 Å². The maximum Gasteiger partial charge on any atom is 0.343 e. The van der Waals surface area contributed by atoms with Crippen molar-refractivity contribution in [2.24, 2.45) is 0 Å². The molecule has 0 aliphatic rings. The number of nitro groups is 1. The number of fused-ring (bicyclic) bond motifs is 1. The average molecular weight is 291 g/mol. The van der Waals surface area contributed by atoms with Gasteiger partial charge in [0.05, 0.1) is 16.9 Å². The molecular weight excluding hydrogens is 278 g/mol. The highest BCUT2D eigenvalue weighted by molar-refractivity contribution is 5.93. The van der Waals surface area contributed by atoms with Gasteiger partial charge in [0.1, 0.15) is 17.4 Å². The Morgan fingerprint density at radius 3 is 2.76 bits per heavy atom. The zero-order valence-electron chi connectivity index (χ0n) is 11.5. The molecule has 0 aromatic carbocycles. The van der Waals surface area contributed by atoms with E-state index in [0.29, 0.717) is 12.2 Å². The predicted octanol–water partition coefficient (Wildman–Crippen LogP) is 1.50. The molecule has 0 saturated carbocycles. The number of rotatable bonds is 4. The molecule has 0 aliphatic heterocycles. The van der Waals surface area contributed by atoms with Crippen molar-refractivity contribution in [3.05, 3.63) is 44.4 Å². The number of hydrogen-bond acceptors (Lipinski definition) is 6. The Balaban J connectivity index is 2.79. The fourth-order valence-electron chi connectivity index (χ4n) is 1.96. The van der Waals surface area contributed by atoms with Gasteiger partial charge >= 0.3 is 5.97 Å². The topological polar surface area (TPSA) is 104 Å². The molecule has 110 valence electrons. The minimum atomic E-state index is -0.752. The lowest BCUT2D eigenvalue weighted by atomic mass is 10.2. The van der Waals surface area contributed by atoms with Crippen molar-refractivity contribution in [1.29, 1.82) is 0 Å². The van der Waals surface area contributed by atoms with Gasteiger partial charge in [-0.05, 0) is 13.8 Å². The quantitative estimate of drug-likeness (QED) is 0.480. The summed E-state index contributed by atoms with van der Waals surface area (Å²) in [4.78, 5) is 38.2. The van der Waals surface area contributed by atoms with Crippen molar-refractivity contribution in [2.45, 2.75) is 20.4 Å². The third kappa shape index (κ3) is 2.60. The van der Waals surface area contributed by atoms with E-state index in [1.807, 2.05) is 6.92 Å². The summed E-state index contributed by atoms with van der Waals surface area (Å²) in [5.74, 6) is -0.752. The van der Waals surface area contributed by atoms with Crippen LogP contribution in [0.2, 0.25) is 0 Å². The van der Waals surface area contributed by atoms with Crippen LogP contribution in [0.1, 0.15) is 24.2 Å². The third-order valence-corrected chi connectivity index (χ3v) is 2.95. The first-order valence-electron chi connectivity index (χ1n) is 6.34. The smallest absolute Gasteiger partial charge is 0.343 e. The van der Waals surface area contributed by atoms with Gasteiger partial charge in [-0.15, -0.1) is 0 Å². The SMILES string of the molecule is CCOC(=O)c1cn(CC)c2ncc([N+](=O)[O-])cc2c1=O. The molecule has 8 heteroatoms. The van der Waals surface area contributed by atoms with Gasteiger partial charge in [-0.2, -0.15) is 0 Å². The summed E-state index contributed by atoms with van der Waals surface area (Å²) in [5.41, 5.74) is -0.790. The second-order valence-electron chi connectivity index (χ2n) is 4.20. The maximum atomic E-state index is 12.3. The number of carbonyl (C=O) groups is 1. The van der Waals surface area contributed by atoms with E-state index >= 15 is 0 Å². The summed E-state index contributed by atoms with van der Waals surface area (Å²) in [6.45, 7) is 4.02. The van der Waals surface area contributed by atoms with Gasteiger partial charge in [0.15, 0.2) is 0 Å². The minimum absolute atomic E-state index is 0.0246. The van der Waals surface area contributed by atoms with Crippen LogP contribution in [0, 0.1) is 10.1 Å². The number of esters is 1. The second-order valence-corrected chi connectivity index (χ2v) is 4.20. The molecule has 21 heavy (non-hydrogen) atoms. The van der Waals surface area contributed by atoms with Crippen LogP contribution in [-0.2, 0) is 11.3 Å². The molecular formula is C13H13N3O5. The molecule has 0 aliphatic carbocycles. The molecule has 2 aromatic heterocycles. The van der Waals surface area contributed by atoms with Crippen molar-refractivity contribution < 1.29 is 14.5 Å². The Bertz CT molecular complexity index is 781. The van der Waals surface area contributed by atoms with Crippen molar-refractivity contribution in [2.75, 3.05) is 6.61 Å². The van der Waals surface area contributed by atoms with Gasteiger partial charge in [0, 0.05) is 18.8 Å². The van der Waals surface area contributed by atoms with Crippen LogP contribution >= 0.6 is 0 Å². The van der Waals surface area contributed by atoms with E-state index in [-0.39, 0.29) is 23.2 Å². The van der Waals surface area contributed by atoms with Gasteiger partial charge in [-0.1, -0.05) is 0 Å². The zero-order chi connectivity index (χ0) is 15.6. The number of hydrogen-bond donors (Lipinski definition) is 0. The predicted molar refractivity (Wildman–Crippen MR) is 74.3 cm³/mol. The molecule has 0 fully saturated rings. The normalized spacial score (nSPS) is 10.6. The molecule has 0 radical (unpaired) electrons. The van der Waals surface area contributed by atoms with E-state index in [1.165, 1.54) is 6.20 Å². The largest absolute Gasteiger partial charge is 0.462 e. The molecule has 2 heterocycles. The standard InChI is InChI=1S/C13H13N3O5/c1-3-15-7-10(13(18)21-4-2)11(17)9-5-8(16(19)20)6-14-12(9)15/h5-7H,3-4H2,1-2H3. The number of carbonyl (C=O) groups excluding carboxylic acids is 1. The van der Waals surface area contributed by atoms with Crippen LogP contribution < -0.4 is 5.43 Å². The highest BCUT2D eigenvalue weighted by Crippen LogP contribution is 2.16. The highest BCUT2D eigenvalue weighted by Gasteiger charge is 2.19. The second kappa shape index (κ2) is 5.70. The number of aryl methyl sites for hydroxylation is 1. The Kier molecular flexibility index (Phi) is 3.97. The monoisotopic (exact) mass is 291 g/mol. The van der Waals surface area contributed by atoms with Crippen molar-refractivity contribution in [3.63, 3.8) is 0 Å². The van der Waals surface area contributed by atoms with E-state index in [2.05, 4.69) is 4.98 Å². The molecule has 0 unspecified atom stereocenters. The fraction of sp³-hybridized carbons (Fsp3) is 0.308. The van der Waals surface area contributed by atoms with Crippen LogP contribution in [0.4, 0.5) is 5.69 Å². The van der Waals surface area contributed by atoms with Gasteiger partial charge < -0.3 is 9.30 Å². The van der Waals surface area contributed by atoms with Crippen LogP contribution in [0.25, 0.3) is 11.0 Å². The van der Waals surface area contributed by atoms with Crippen LogP contribution in [-0.4, -0.2) is 27.1 Å². The van der Waals surface area contributed by atoms with Crippen molar-refractivity contribution in [1.82, 2.24) is 9.55 Å². The van der Waals surface area contributed by atoms with Crippen LogP contribution in [0.15, 0.2) is 23.3 Å². The first kappa shape index (κ1) is 14.6. The number of aromatic nitrogens is 2. The van der Waals surface area contributed by atoms with Crippen LogP contribution in [0.5, 0.6) is 0 Å². The molecule has 2 aromatic rings. The summed E-state index contributed by atoms with van der Waals surface area (Å²) in [5, 5.41) is 10.8. The summed E-state index contributed by atoms with van der Waals surface area (Å²) in [7, 11) is 0. The van der Waals surface area contributed by atoms with Gasteiger partial charge in [-0.25, -0.2) is 9.78 Å². The number of pyridine rings is 2. The molecule has 0 bridgehead atoms. The lowest BCUT2D eigenvalue weighted by Gasteiger charge is -2.09. The average Bonchev–Trinajstić information content (AvgIpc) is 2.47. The fourth-order valence-corrected chi connectivity index (χ4v) is 1.96. The molecule has 0 amide bonds. The van der Waals surface area contributed by atoms with Gasteiger partial charge in [0.2, 0.25) is 5.43 Å². The Morgan fingerprint density at radius 1 is 1.48 bits per heavy atom. The molecule has 8 nitrogen and oxygen atoms in total. The lowest BCUT2D eigenvalue weighted by molar-refractivity contribution is -0.385. The maximum absolute atomic E-state index is 12.3. The first-order valence-corrected chi connectivity index (χ1v) is 6.34. The Hall–Kier alpha value is -2.77. The third-order valence-electron chi connectivity index (χ3n) is 2.95. The van der Waals surface area contributed by atoms with E-state index in [1.54, 1.807) is 11.5 Å².